The Morgan fingerprint density at radius 2 is 1.53 bits per heavy atom. The van der Waals surface area contributed by atoms with Gasteiger partial charge in [-0.15, -0.1) is 6.42 Å². The van der Waals surface area contributed by atoms with E-state index in [2.05, 4.69) is 10.1 Å². The summed E-state index contributed by atoms with van der Waals surface area (Å²) >= 11 is 0. The summed E-state index contributed by atoms with van der Waals surface area (Å²) in [5.41, 5.74) is 0. The molecule has 0 N–H and O–H groups in total. The van der Waals surface area contributed by atoms with E-state index in [1.807, 2.05) is 0 Å². The first kappa shape index (κ1) is 16.8. The monoisotopic (exact) mass is 257 g/mol. The van der Waals surface area contributed by atoms with Crippen LogP contribution in [-0.2, 0) is 29.0 Å². The molecule has 0 saturated carbocycles. The van der Waals surface area contributed by atoms with Crippen LogP contribution in [0.5, 0.6) is 0 Å². The van der Waals surface area contributed by atoms with Crippen LogP contribution < -0.4 is 0 Å². The Balaban J connectivity index is 0. The highest BCUT2D eigenvalue weighted by Gasteiger charge is 2.03. The van der Waals surface area contributed by atoms with E-state index in [9.17, 15) is 21.4 Å². The van der Waals surface area contributed by atoms with Gasteiger partial charge in [0.1, 0.15) is 6.61 Å². The topological polar surface area (TPSA) is 97.4 Å². The fourth-order valence-electron chi connectivity index (χ4n) is 0.207. The summed E-state index contributed by atoms with van der Waals surface area (Å²) < 4.78 is 53.5. The predicted octanol–water partition coefficient (Wildman–Crippen LogP) is -0.247. The SMILES string of the molecule is C#CCOS(=O)(=O)CC.CCS([O])(=O)=O. The van der Waals surface area contributed by atoms with Crippen molar-refractivity contribution >= 4 is 20.2 Å². The van der Waals surface area contributed by atoms with Gasteiger partial charge in [0.2, 0.25) is 0 Å². The molecule has 0 atom stereocenters. The molecule has 89 valence electrons. The molecule has 0 bridgehead atoms. The summed E-state index contributed by atoms with van der Waals surface area (Å²) in [4.78, 5) is 0. The molecule has 0 rings (SSSR count). The lowest BCUT2D eigenvalue weighted by Crippen LogP contribution is -2.07. The second kappa shape index (κ2) is 7.64. The lowest BCUT2D eigenvalue weighted by atomic mass is 10.8. The standard InChI is InChI=1S/C5H8O3S.C2H5O3S/c1-3-5-8-9(6,7)4-2;1-2-6(3,4)5/h1H,4-5H2,2H3;2H2,1H3. The molecule has 0 spiro atoms. The van der Waals surface area contributed by atoms with Gasteiger partial charge in [0.15, 0.2) is 0 Å². The van der Waals surface area contributed by atoms with Crippen LogP contribution in [0.1, 0.15) is 13.8 Å². The summed E-state index contributed by atoms with van der Waals surface area (Å²) in [6, 6.07) is 0. The Morgan fingerprint density at radius 1 is 1.13 bits per heavy atom. The maximum Gasteiger partial charge on any atom is 0.294 e. The zero-order chi connectivity index (χ0) is 12.5. The van der Waals surface area contributed by atoms with Gasteiger partial charge >= 0.3 is 0 Å². The van der Waals surface area contributed by atoms with Crippen molar-refractivity contribution in [3.63, 3.8) is 0 Å². The second-order valence-corrected chi connectivity index (χ2v) is 5.78. The van der Waals surface area contributed by atoms with Crippen molar-refractivity contribution in [2.75, 3.05) is 18.1 Å². The van der Waals surface area contributed by atoms with Gasteiger partial charge in [-0.25, -0.2) is 0 Å². The molecule has 0 aromatic heterocycles. The Labute approximate surface area is 90.5 Å². The highest BCUT2D eigenvalue weighted by molar-refractivity contribution is 7.86. The van der Waals surface area contributed by atoms with E-state index in [0.29, 0.717) is 0 Å². The molecule has 6 nitrogen and oxygen atoms in total. The average Bonchev–Trinajstić information content (AvgIpc) is 2.15. The van der Waals surface area contributed by atoms with E-state index in [1.54, 1.807) is 0 Å². The molecule has 0 aliphatic rings. The maximum atomic E-state index is 10.4. The molecule has 8 heteroatoms. The minimum Gasteiger partial charge on any atom is -0.257 e. The highest BCUT2D eigenvalue weighted by Crippen LogP contribution is 1.89. The second-order valence-electron chi connectivity index (χ2n) is 2.16. The largest absolute Gasteiger partial charge is 0.294 e. The van der Waals surface area contributed by atoms with Crippen molar-refractivity contribution in [1.82, 2.24) is 0 Å². The summed E-state index contributed by atoms with van der Waals surface area (Å²) in [5, 5.41) is 0. The van der Waals surface area contributed by atoms with Gasteiger partial charge in [-0.2, -0.15) is 16.8 Å². The smallest absolute Gasteiger partial charge is 0.257 e. The third kappa shape index (κ3) is 16.1. The molecule has 0 aliphatic heterocycles. The van der Waals surface area contributed by atoms with E-state index in [-0.39, 0.29) is 18.1 Å². The maximum absolute atomic E-state index is 10.4. The van der Waals surface area contributed by atoms with Crippen molar-refractivity contribution in [1.29, 1.82) is 0 Å². The Kier molecular flexibility index (Phi) is 8.56. The van der Waals surface area contributed by atoms with E-state index < -0.39 is 20.2 Å². The Morgan fingerprint density at radius 3 is 1.73 bits per heavy atom. The van der Waals surface area contributed by atoms with Gasteiger partial charge in [-0.05, 0) is 13.8 Å². The first-order valence-electron chi connectivity index (χ1n) is 3.92. The third-order valence-electron chi connectivity index (χ3n) is 1.03. The van der Waals surface area contributed by atoms with Crippen LogP contribution >= 0.6 is 0 Å². The first-order chi connectivity index (χ1) is 6.68. The van der Waals surface area contributed by atoms with Crippen LogP contribution in [0.2, 0.25) is 0 Å². The highest BCUT2D eigenvalue weighted by atomic mass is 32.2. The minimum atomic E-state index is -3.91. The predicted molar refractivity (Wildman–Crippen MR) is 54.4 cm³/mol. The van der Waals surface area contributed by atoms with E-state index in [0.717, 1.165) is 0 Å². The van der Waals surface area contributed by atoms with Gasteiger partial charge in [-0.3, -0.25) is 4.18 Å². The fourth-order valence-corrected chi connectivity index (χ4v) is 0.621. The lowest BCUT2D eigenvalue weighted by Gasteiger charge is -1.95. The molecule has 0 aromatic carbocycles. The van der Waals surface area contributed by atoms with Gasteiger partial charge in [0, 0.05) is 0 Å². The number of terminal acetylenes is 1. The summed E-state index contributed by atoms with van der Waals surface area (Å²) in [5.74, 6) is 1.71. The summed E-state index contributed by atoms with van der Waals surface area (Å²) in [6.45, 7) is 2.63. The van der Waals surface area contributed by atoms with Crippen LogP contribution in [-0.4, -0.2) is 34.9 Å². The Bertz CT molecular complexity index is 386. The third-order valence-corrected chi connectivity index (χ3v) is 2.92. The molecule has 0 unspecified atom stereocenters. The zero-order valence-electron chi connectivity index (χ0n) is 8.46. The van der Waals surface area contributed by atoms with Crippen LogP contribution in [0.25, 0.3) is 0 Å². The van der Waals surface area contributed by atoms with Gasteiger partial charge < -0.3 is 0 Å². The minimum absolute atomic E-state index is 0.0331. The van der Waals surface area contributed by atoms with Crippen LogP contribution in [0.15, 0.2) is 0 Å². The van der Waals surface area contributed by atoms with Crippen molar-refractivity contribution in [2.24, 2.45) is 0 Å². The number of rotatable bonds is 4. The molecular weight excluding hydrogens is 244 g/mol. The zero-order valence-corrected chi connectivity index (χ0v) is 10.1. The molecule has 0 amide bonds. The van der Waals surface area contributed by atoms with Crippen LogP contribution in [0.3, 0.4) is 0 Å². The van der Waals surface area contributed by atoms with Crippen LogP contribution in [0.4, 0.5) is 0 Å². The molecule has 0 aliphatic carbocycles. The molecule has 0 heterocycles. The van der Waals surface area contributed by atoms with Gasteiger partial charge in [0.05, 0.1) is 11.5 Å². The van der Waals surface area contributed by atoms with Crippen molar-refractivity contribution in [3.05, 3.63) is 0 Å². The van der Waals surface area contributed by atoms with Gasteiger partial charge in [-0.1, -0.05) is 10.5 Å². The average molecular weight is 257 g/mol. The van der Waals surface area contributed by atoms with Gasteiger partial charge in [0.25, 0.3) is 20.2 Å². The van der Waals surface area contributed by atoms with E-state index >= 15 is 0 Å². The normalized spacial score (nSPS) is 11.1. The fraction of sp³-hybridized carbons (Fsp3) is 0.714. The van der Waals surface area contributed by atoms with E-state index in [1.165, 1.54) is 13.8 Å². The van der Waals surface area contributed by atoms with E-state index in [4.69, 9.17) is 6.42 Å². The molecule has 0 saturated heterocycles. The molecule has 15 heavy (non-hydrogen) atoms. The quantitative estimate of drug-likeness (QED) is 0.511. The first-order valence-corrected chi connectivity index (χ1v) is 7.08. The molecule has 1 radical (unpaired) electrons. The lowest BCUT2D eigenvalue weighted by molar-refractivity contribution is 0.364. The van der Waals surface area contributed by atoms with Crippen molar-refractivity contribution in [2.45, 2.75) is 13.8 Å². The molecular formula is C7H13O6S2. The van der Waals surface area contributed by atoms with Crippen molar-refractivity contribution < 1.29 is 25.6 Å². The molecule has 0 fully saturated rings. The summed E-state index contributed by atoms with van der Waals surface area (Å²) in [7, 11) is -7.24. The summed E-state index contributed by atoms with van der Waals surface area (Å²) in [6.07, 6.45) is 4.75. The van der Waals surface area contributed by atoms with Crippen LogP contribution in [0, 0.1) is 12.3 Å². The van der Waals surface area contributed by atoms with Crippen molar-refractivity contribution in [3.8, 4) is 12.3 Å². The number of hydrogen-bond acceptors (Lipinski definition) is 5. The molecule has 0 aromatic rings. The Hall–Kier alpha value is -0.620. The number of hydrogen-bond donors (Lipinski definition) is 0.